The van der Waals surface area contributed by atoms with E-state index in [-0.39, 0.29) is 37.6 Å². The number of rotatable bonds is 6. The highest BCUT2D eigenvalue weighted by Gasteiger charge is 2.36. The highest BCUT2D eigenvalue weighted by Crippen LogP contribution is 2.30. The number of para-hydroxylation sites is 1. The van der Waals surface area contributed by atoms with Crippen molar-refractivity contribution in [3.63, 3.8) is 0 Å². The first-order chi connectivity index (χ1) is 17.2. The summed E-state index contributed by atoms with van der Waals surface area (Å²) in [5.41, 5.74) is 0.211. The molecule has 1 atom stereocenters. The zero-order chi connectivity index (χ0) is 25.7. The molecule has 36 heavy (non-hydrogen) atoms. The maximum Gasteiger partial charge on any atom is 0.416 e. The molecule has 2 saturated heterocycles. The fraction of sp³-hybridized carbons (Fsp3) is 0.400. The normalized spacial score (nSPS) is 19.1. The lowest BCUT2D eigenvalue weighted by Crippen LogP contribution is -2.60. The van der Waals surface area contributed by atoms with Gasteiger partial charge in [0.15, 0.2) is 0 Å². The van der Waals surface area contributed by atoms with Crippen LogP contribution in [0.1, 0.15) is 12.0 Å². The summed E-state index contributed by atoms with van der Waals surface area (Å²) in [5, 5.41) is 5.07. The Balaban J connectivity index is 1.34. The van der Waals surface area contributed by atoms with Gasteiger partial charge in [-0.05, 0) is 30.3 Å². The Morgan fingerprint density at radius 3 is 2.39 bits per heavy atom. The average Bonchev–Trinajstić information content (AvgIpc) is 2.86. The van der Waals surface area contributed by atoms with E-state index in [4.69, 9.17) is 0 Å². The predicted molar refractivity (Wildman–Crippen MR) is 128 cm³/mol. The molecule has 2 heterocycles. The second kappa shape index (κ2) is 11.0. The van der Waals surface area contributed by atoms with Crippen molar-refractivity contribution in [2.75, 3.05) is 56.0 Å². The molecular weight excluding hydrogens is 475 g/mol. The Labute approximate surface area is 207 Å². The number of piperazine rings is 2. The molecule has 2 aromatic rings. The maximum absolute atomic E-state index is 13.1. The average molecular weight is 504 g/mol. The van der Waals surface area contributed by atoms with E-state index in [2.05, 4.69) is 15.5 Å². The van der Waals surface area contributed by atoms with Gasteiger partial charge in [0.1, 0.15) is 6.04 Å². The fourth-order valence-electron chi connectivity index (χ4n) is 4.46. The third-order valence-electron chi connectivity index (χ3n) is 6.36. The Morgan fingerprint density at radius 1 is 0.972 bits per heavy atom. The number of carbonyl (C=O) groups excluding carboxylic acids is 3. The van der Waals surface area contributed by atoms with Crippen LogP contribution in [0.15, 0.2) is 54.6 Å². The predicted octanol–water partition coefficient (Wildman–Crippen LogP) is 2.18. The quantitative estimate of drug-likeness (QED) is 0.632. The summed E-state index contributed by atoms with van der Waals surface area (Å²) in [7, 11) is 0. The first-order valence-electron chi connectivity index (χ1n) is 11.8. The fourth-order valence-corrected chi connectivity index (χ4v) is 4.46. The maximum atomic E-state index is 13.1. The van der Waals surface area contributed by atoms with Crippen molar-refractivity contribution in [3.05, 3.63) is 60.2 Å². The lowest BCUT2D eigenvalue weighted by Gasteiger charge is -2.39. The van der Waals surface area contributed by atoms with Crippen LogP contribution >= 0.6 is 0 Å². The van der Waals surface area contributed by atoms with E-state index in [1.165, 1.54) is 17.0 Å². The first kappa shape index (κ1) is 25.5. The number of nitrogens with one attached hydrogen (secondary N) is 2. The number of carbonyl (C=O) groups is 3. The number of anilines is 2. The lowest BCUT2D eigenvalue weighted by atomic mass is 10.1. The van der Waals surface area contributed by atoms with Crippen molar-refractivity contribution in [3.8, 4) is 0 Å². The molecule has 2 aliphatic heterocycles. The second-order valence-corrected chi connectivity index (χ2v) is 8.82. The van der Waals surface area contributed by atoms with E-state index in [0.717, 1.165) is 30.9 Å². The number of amides is 3. The lowest BCUT2D eigenvalue weighted by molar-refractivity contribution is -0.145. The van der Waals surface area contributed by atoms with Crippen molar-refractivity contribution in [2.45, 2.75) is 18.6 Å². The van der Waals surface area contributed by atoms with Gasteiger partial charge < -0.3 is 20.4 Å². The van der Waals surface area contributed by atoms with Crippen LogP contribution in [0.25, 0.3) is 0 Å². The summed E-state index contributed by atoms with van der Waals surface area (Å²) in [5.74, 6) is -1.36. The summed E-state index contributed by atoms with van der Waals surface area (Å²) in [6, 6.07) is 13.3. The highest BCUT2D eigenvalue weighted by atomic mass is 19.4. The molecule has 4 rings (SSSR count). The third kappa shape index (κ3) is 6.34. The van der Waals surface area contributed by atoms with Gasteiger partial charge in [-0.25, -0.2) is 0 Å². The summed E-state index contributed by atoms with van der Waals surface area (Å²) < 4.78 is 38.9. The highest BCUT2D eigenvalue weighted by molar-refractivity contribution is 5.97. The van der Waals surface area contributed by atoms with Crippen molar-refractivity contribution in [1.29, 1.82) is 0 Å². The molecule has 0 spiro atoms. The summed E-state index contributed by atoms with van der Waals surface area (Å²) >= 11 is 0. The summed E-state index contributed by atoms with van der Waals surface area (Å²) in [6.45, 7) is 3.56. The number of alkyl halides is 3. The smallest absolute Gasteiger partial charge is 0.369 e. The third-order valence-corrected chi connectivity index (χ3v) is 6.36. The standard InChI is InChI=1S/C25H28F3N5O3/c26-25(27,28)18-5-4-6-19(15-18)30-22(34)16-21-24(36)29-9-10-33(21)23(35)17-31-11-13-32(14-12-31)20-7-2-1-3-8-20/h1-8,15,21H,9-14,16-17H2,(H,29,36)(H,30,34)/t21-/m1/s1. The number of nitrogens with zero attached hydrogens (tertiary/aromatic N) is 3. The molecule has 0 unspecified atom stereocenters. The van der Waals surface area contributed by atoms with Gasteiger partial charge in [-0.2, -0.15) is 13.2 Å². The molecule has 0 radical (unpaired) electrons. The van der Waals surface area contributed by atoms with Crippen LogP contribution in [0, 0.1) is 0 Å². The summed E-state index contributed by atoms with van der Waals surface area (Å²) in [6.07, 6.45) is -4.89. The zero-order valence-corrected chi connectivity index (χ0v) is 19.6. The number of hydrogen-bond donors (Lipinski definition) is 2. The molecule has 11 heteroatoms. The van der Waals surface area contributed by atoms with Crippen molar-refractivity contribution in [2.24, 2.45) is 0 Å². The summed E-state index contributed by atoms with van der Waals surface area (Å²) in [4.78, 5) is 43.9. The first-order valence-corrected chi connectivity index (χ1v) is 11.8. The molecule has 2 fully saturated rings. The topological polar surface area (TPSA) is 85.0 Å². The van der Waals surface area contributed by atoms with E-state index >= 15 is 0 Å². The molecule has 2 aromatic carbocycles. The van der Waals surface area contributed by atoms with E-state index in [1.807, 2.05) is 35.2 Å². The number of benzene rings is 2. The Hall–Kier alpha value is -3.60. The van der Waals surface area contributed by atoms with Gasteiger partial charge in [-0.15, -0.1) is 0 Å². The van der Waals surface area contributed by atoms with Crippen LogP contribution in [-0.2, 0) is 20.6 Å². The number of hydrogen-bond acceptors (Lipinski definition) is 5. The molecule has 0 bridgehead atoms. The van der Waals surface area contributed by atoms with Crippen LogP contribution in [0.3, 0.4) is 0 Å². The molecule has 0 aliphatic carbocycles. The van der Waals surface area contributed by atoms with Crippen LogP contribution in [0.2, 0.25) is 0 Å². The molecule has 2 N–H and O–H groups in total. The van der Waals surface area contributed by atoms with Crippen LogP contribution < -0.4 is 15.5 Å². The van der Waals surface area contributed by atoms with Crippen molar-refractivity contribution in [1.82, 2.24) is 15.1 Å². The van der Waals surface area contributed by atoms with Gasteiger partial charge in [0, 0.05) is 50.6 Å². The minimum Gasteiger partial charge on any atom is -0.369 e. The van der Waals surface area contributed by atoms with E-state index in [1.54, 1.807) is 0 Å². The van der Waals surface area contributed by atoms with E-state index in [0.29, 0.717) is 13.1 Å². The Kier molecular flexibility index (Phi) is 7.78. The van der Waals surface area contributed by atoms with Crippen LogP contribution in [0.4, 0.5) is 24.5 Å². The molecule has 3 amide bonds. The zero-order valence-electron chi connectivity index (χ0n) is 19.6. The van der Waals surface area contributed by atoms with Gasteiger partial charge in [-0.3, -0.25) is 19.3 Å². The van der Waals surface area contributed by atoms with Crippen LogP contribution in [-0.4, -0.2) is 79.4 Å². The Morgan fingerprint density at radius 2 is 1.69 bits per heavy atom. The molecule has 8 nitrogen and oxygen atoms in total. The van der Waals surface area contributed by atoms with Gasteiger partial charge in [0.2, 0.25) is 17.7 Å². The van der Waals surface area contributed by atoms with E-state index < -0.39 is 29.6 Å². The minimum absolute atomic E-state index is 0.0276. The molecule has 192 valence electrons. The van der Waals surface area contributed by atoms with Crippen molar-refractivity contribution < 1.29 is 27.6 Å². The molecule has 2 aliphatic rings. The molecular formula is C25H28F3N5O3. The van der Waals surface area contributed by atoms with Crippen molar-refractivity contribution >= 4 is 29.1 Å². The van der Waals surface area contributed by atoms with E-state index in [9.17, 15) is 27.6 Å². The second-order valence-electron chi connectivity index (χ2n) is 8.82. The molecule has 0 saturated carbocycles. The monoisotopic (exact) mass is 503 g/mol. The van der Waals surface area contributed by atoms with Gasteiger partial charge in [0.25, 0.3) is 0 Å². The van der Waals surface area contributed by atoms with Gasteiger partial charge in [0.05, 0.1) is 18.5 Å². The largest absolute Gasteiger partial charge is 0.416 e. The number of halogens is 3. The van der Waals surface area contributed by atoms with Gasteiger partial charge in [-0.1, -0.05) is 24.3 Å². The minimum atomic E-state index is -4.54. The van der Waals surface area contributed by atoms with Crippen LogP contribution in [0.5, 0.6) is 0 Å². The Bertz CT molecular complexity index is 1090. The molecule has 0 aromatic heterocycles. The van der Waals surface area contributed by atoms with Gasteiger partial charge >= 0.3 is 6.18 Å². The SMILES string of the molecule is O=C(C[C@@H]1C(=O)NCCN1C(=O)CN1CCN(c2ccccc2)CC1)Nc1cccc(C(F)(F)F)c1.